The molecule has 3 aromatic rings. The molecule has 1 heterocycles. The maximum absolute atomic E-state index is 5.93. The van der Waals surface area contributed by atoms with E-state index in [1.807, 2.05) is 48.7 Å². The van der Waals surface area contributed by atoms with Gasteiger partial charge in [-0.3, -0.25) is 4.98 Å². The highest BCUT2D eigenvalue weighted by molar-refractivity contribution is 5.87. The molecule has 0 spiro atoms. The second kappa shape index (κ2) is 7.75. The van der Waals surface area contributed by atoms with Crippen molar-refractivity contribution in [2.75, 3.05) is 6.61 Å². The van der Waals surface area contributed by atoms with Crippen molar-refractivity contribution < 1.29 is 9.47 Å². The zero-order valence-electron chi connectivity index (χ0n) is 13.3. The van der Waals surface area contributed by atoms with E-state index in [2.05, 4.69) is 24.0 Å². The van der Waals surface area contributed by atoms with Gasteiger partial charge in [-0.15, -0.1) is 0 Å². The van der Waals surface area contributed by atoms with Gasteiger partial charge in [-0.25, -0.2) is 0 Å². The van der Waals surface area contributed by atoms with Crippen LogP contribution < -0.4 is 4.74 Å². The van der Waals surface area contributed by atoms with E-state index in [-0.39, 0.29) is 6.10 Å². The minimum atomic E-state index is 0.159. The van der Waals surface area contributed by atoms with Crippen LogP contribution in [0.2, 0.25) is 0 Å². The van der Waals surface area contributed by atoms with Crippen LogP contribution in [0.3, 0.4) is 0 Å². The molecule has 0 bridgehead atoms. The van der Waals surface area contributed by atoms with Crippen molar-refractivity contribution >= 4 is 10.8 Å². The number of ether oxygens (including phenoxy) is 2. The molecule has 1 unspecified atom stereocenters. The molecule has 3 rings (SSSR count). The average Bonchev–Trinajstić information content (AvgIpc) is 2.61. The smallest absolute Gasteiger partial charge is 0.127 e. The van der Waals surface area contributed by atoms with E-state index in [0.29, 0.717) is 13.2 Å². The first kappa shape index (κ1) is 15.5. The summed E-state index contributed by atoms with van der Waals surface area (Å²) < 4.78 is 11.8. The Morgan fingerprint density at radius 3 is 2.74 bits per heavy atom. The normalized spacial score (nSPS) is 12.2. The lowest BCUT2D eigenvalue weighted by molar-refractivity contribution is 0.0388. The zero-order chi connectivity index (χ0) is 15.9. The van der Waals surface area contributed by atoms with Crippen molar-refractivity contribution in [3.63, 3.8) is 0 Å². The maximum atomic E-state index is 5.93. The van der Waals surface area contributed by atoms with Crippen molar-refractivity contribution in [2.24, 2.45) is 0 Å². The van der Waals surface area contributed by atoms with Crippen LogP contribution in [-0.2, 0) is 11.3 Å². The van der Waals surface area contributed by atoms with Crippen LogP contribution in [0.5, 0.6) is 5.75 Å². The van der Waals surface area contributed by atoms with Crippen LogP contribution in [0.15, 0.2) is 67.0 Å². The van der Waals surface area contributed by atoms with Gasteiger partial charge < -0.3 is 9.47 Å². The van der Waals surface area contributed by atoms with E-state index < -0.39 is 0 Å². The summed E-state index contributed by atoms with van der Waals surface area (Å²) in [4.78, 5) is 4.14. The number of rotatable bonds is 7. The predicted molar refractivity (Wildman–Crippen MR) is 92.5 cm³/mol. The van der Waals surface area contributed by atoms with Gasteiger partial charge in [0.25, 0.3) is 0 Å². The Hall–Kier alpha value is -2.39. The standard InChI is InChI=1S/C20H21NO2/c1-16(23-15-17-6-3-2-4-7-17)11-13-22-20-9-5-8-18-14-21-12-10-19(18)20/h2-10,12,14,16H,11,13,15H2,1H3. The molecule has 118 valence electrons. The van der Waals surface area contributed by atoms with Gasteiger partial charge >= 0.3 is 0 Å². The third kappa shape index (κ3) is 4.30. The molecule has 1 atom stereocenters. The van der Waals surface area contributed by atoms with Gasteiger partial charge in [0.15, 0.2) is 0 Å². The molecule has 0 N–H and O–H groups in total. The molecule has 3 nitrogen and oxygen atoms in total. The second-order valence-corrected chi connectivity index (χ2v) is 5.60. The SMILES string of the molecule is CC(CCOc1cccc2cnccc12)OCc1ccccc1. The first-order chi connectivity index (χ1) is 11.3. The minimum Gasteiger partial charge on any atom is -0.493 e. The van der Waals surface area contributed by atoms with E-state index >= 15 is 0 Å². The summed E-state index contributed by atoms with van der Waals surface area (Å²) >= 11 is 0. The van der Waals surface area contributed by atoms with Crippen molar-refractivity contribution in [1.82, 2.24) is 4.98 Å². The molecule has 0 saturated carbocycles. The summed E-state index contributed by atoms with van der Waals surface area (Å²) in [6.07, 6.45) is 4.66. The first-order valence-electron chi connectivity index (χ1n) is 7.94. The summed E-state index contributed by atoms with van der Waals surface area (Å²) in [5.74, 6) is 0.903. The topological polar surface area (TPSA) is 31.4 Å². The molecule has 0 amide bonds. The molecule has 0 fully saturated rings. The largest absolute Gasteiger partial charge is 0.493 e. The fourth-order valence-corrected chi connectivity index (χ4v) is 2.45. The molecule has 23 heavy (non-hydrogen) atoms. The summed E-state index contributed by atoms with van der Waals surface area (Å²) in [5, 5.41) is 2.19. The number of fused-ring (bicyclic) bond motifs is 1. The fourth-order valence-electron chi connectivity index (χ4n) is 2.45. The lowest BCUT2D eigenvalue weighted by atomic mass is 10.1. The predicted octanol–water partition coefficient (Wildman–Crippen LogP) is 4.61. The minimum absolute atomic E-state index is 0.159. The van der Waals surface area contributed by atoms with Gasteiger partial charge in [0, 0.05) is 29.6 Å². The van der Waals surface area contributed by atoms with Gasteiger partial charge in [-0.1, -0.05) is 42.5 Å². The van der Waals surface area contributed by atoms with E-state index in [1.54, 1.807) is 6.20 Å². The van der Waals surface area contributed by atoms with E-state index in [9.17, 15) is 0 Å². The Balaban J connectivity index is 1.48. The molecular formula is C20H21NO2. The van der Waals surface area contributed by atoms with Gasteiger partial charge in [0.1, 0.15) is 5.75 Å². The van der Waals surface area contributed by atoms with Crippen LogP contribution in [0, 0.1) is 0 Å². The summed E-state index contributed by atoms with van der Waals surface area (Å²) in [6, 6.07) is 18.2. The highest BCUT2D eigenvalue weighted by Gasteiger charge is 2.05. The Morgan fingerprint density at radius 2 is 1.87 bits per heavy atom. The van der Waals surface area contributed by atoms with Gasteiger partial charge in [0.2, 0.25) is 0 Å². The van der Waals surface area contributed by atoms with Crippen molar-refractivity contribution in [1.29, 1.82) is 0 Å². The van der Waals surface area contributed by atoms with Crippen LogP contribution in [0.25, 0.3) is 10.8 Å². The Bertz CT molecular complexity index is 737. The van der Waals surface area contributed by atoms with Gasteiger partial charge in [0.05, 0.1) is 19.3 Å². The highest BCUT2D eigenvalue weighted by atomic mass is 16.5. The fraction of sp³-hybridized carbons (Fsp3) is 0.250. The zero-order valence-corrected chi connectivity index (χ0v) is 13.3. The van der Waals surface area contributed by atoms with Crippen molar-refractivity contribution in [3.05, 3.63) is 72.6 Å². The number of hydrogen-bond donors (Lipinski definition) is 0. The lowest BCUT2D eigenvalue weighted by Gasteiger charge is -2.14. The van der Waals surface area contributed by atoms with E-state index in [1.165, 1.54) is 5.56 Å². The van der Waals surface area contributed by atoms with Crippen LogP contribution in [0.4, 0.5) is 0 Å². The molecule has 0 aliphatic heterocycles. The second-order valence-electron chi connectivity index (χ2n) is 5.60. The first-order valence-corrected chi connectivity index (χ1v) is 7.94. The molecule has 0 radical (unpaired) electrons. The van der Waals surface area contributed by atoms with Crippen molar-refractivity contribution in [3.8, 4) is 5.75 Å². The molecule has 0 saturated heterocycles. The molecule has 1 aromatic heterocycles. The van der Waals surface area contributed by atoms with Gasteiger partial charge in [-0.05, 0) is 24.6 Å². The van der Waals surface area contributed by atoms with Crippen LogP contribution in [-0.4, -0.2) is 17.7 Å². The third-order valence-electron chi connectivity index (χ3n) is 3.80. The number of nitrogens with zero attached hydrogens (tertiary/aromatic N) is 1. The summed E-state index contributed by atoms with van der Waals surface area (Å²) in [7, 11) is 0. The number of hydrogen-bond acceptors (Lipinski definition) is 3. The average molecular weight is 307 g/mol. The number of benzene rings is 2. The highest BCUT2D eigenvalue weighted by Crippen LogP contribution is 2.24. The number of aromatic nitrogens is 1. The van der Waals surface area contributed by atoms with Crippen molar-refractivity contribution in [2.45, 2.75) is 26.1 Å². The Labute approximate surface area is 136 Å². The lowest BCUT2D eigenvalue weighted by Crippen LogP contribution is -2.13. The maximum Gasteiger partial charge on any atom is 0.127 e. The summed E-state index contributed by atoms with van der Waals surface area (Å²) in [5.41, 5.74) is 1.20. The van der Waals surface area contributed by atoms with E-state index in [0.717, 1.165) is 22.9 Å². The Morgan fingerprint density at radius 1 is 1.00 bits per heavy atom. The van der Waals surface area contributed by atoms with E-state index in [4.69, 9.17) is 9.47 Å². The van der Waals surface area contributed by atoms with Gasteiger partial charge in [-0.2, -0.15) is 0 Å². The van der Waals surface area contributed by atoms with Crippen LogP contribution >= 0.6 is 0 Å². The summed E-state index contributed by atoms with van der Waals surface area (Å²) in [6.45, 7) is 3.36. The quantitative estimate of drug-likeness (QED) is 0.639. The molecule has 3 heteroatoms. The monoisotopic (exact) mass is 307 g/mol. The molecular weight excluding hydrogens is 286 g/mol. The van der Waals surface area contributed by atoms with Crippen LogP contribution in [0.1, 0.15) is 18.9 Å². The number of pyridine rings is 1. The third-order valence-corrected chi connectivity index (χ3v) is 3.80. The molecule has 2 aromatic carbocycles. The Kier molecular flexibility index (Phi) is 5.22. The molecule has 0 aliphatic rings. The molecule has 0 aliphatic carbocycles.